The Morgan fingerprint density at radius 1 is 1.38 bits per heavy atom. The fraction of sp³-hybridized carbons (Fsp3) is 0.182. The van der Waals surface area contributed by atoms with Crippen LogP contribution in [-0.2, 0) is 6.61 Å². The van der Waals surface area contributed by atoms with Gasteiger partial charge in [-0.3, -0.25) is 0 Å². The van der Waals surface area contributed by atoms with E-state index in [1.165, 1.54) is 0 Å². The number of para-hydroxylation sites is 1. The third-order valence-corrected chi connectivity index (χ3v) is 2.12. The highest BCUT2D eigenvalue weighted by atomic mass is 16.6. The molecule has 1 aromatic heterocycles. The summed E-state index contributed by atoms with van der Waals surface area (Å²) in [6.07, 6.45) is 0. The van der Waals surface area contributed by atoms with Gasteiger partial charge in [0.1, 0.15) is 29.8 Å². The quantitative estimate of drug-likeness (QED) is 0.780. The van der Waals surface area contributed by atoms with E-state index >= 15 is 0 Å². The molecule has 80 valence electrons. The van der Waals surface area contributed by atoms with Crippen molar-refractivity contribution >= 4 is 0 Å². The summed E-state index contributed by atoms with van der Waals surface area (Å²) in [5, 5.41) is 16.2. The highest BCUT2D eigenvalue weighted by Gasteiger charge is 2.07. The van der Waals surface area contributed by atoms with Crippen LogP contribution in [0, 0.1) is 18.3 Å². The van der Waals surface area contributed by atoms with E-state index < -0.39 is 0 Å². The van der Waals surface area contributed by atoms with Gasteiger partial charge in [0.25, 0.3) is 0 Å². The van der Waals surface area contributed by atoms with E-state index in [1.807, 2.05) is 6.07 Å². The molecule has 1 aromatic carbocycles. The van der Waals surface area contributed by atoms with Crippen molar-refractivity contribution in [2.24, 2.45) is 0 Å². The molecule has 0 unspecified atom stereocenters. The molecule has 0 bridgehead atoms. The molecule has 0 radical (unpaired) electrons. The molecule has 0 N–H and O–H groups in total. The Bertz CT molecular complexity index is 528. The van der Waals surface area contributed by atoms with Crippen LogP contribution in [0.2, 0.25) is 0 Å². The van der Waals surface area contributed by atoms with Crippen LogP contribution < -0.4 is 4.74 Å². The van der Waals surface area contributed by atoms with E-state index in [0.29, 0.717) is 22.7 Å². The fourth-order valence-electron chi connectivity index (χ4n) is 1.21. The van der Waals surface area contributed by atoms with Crippen molar-refractivity contribution in [3.8, 4) is 11.8 Å². The molecule has 2 rings (SSSR count). The first-order valence-corrected chi connectivity index (χ1v) is 4.71. The molecule has 0 aliphatic heterocycles. The molecule has 0 aliphatic rings. The zero-order valence-electron chi connectivity index (χ0n) is 8.67. The number of aromatic nitrogens is 2. The van der Waals surface area contributed by atoms with Gasteiger partial charge in [-0.05, 0) is 19.1 Å². The highest BCUT2D eigenvalue weighted by Crippen LogP contribution is 2.18. The maximum atomic E-state index is 8.85. The maximum Gasteiger partial charge on any atom is 0.145 e. The number of benzene rings is 1. The molecule has 0 aliphatic carbocycles. The molecule has 1 heterocycles. The van der Waals surface area contributed by atoms with Gasteiger partial charge in [-0.25, -0.2) is 4.63 Å². The Morgan fingerprint density at radius 3 is 2.88 bits per heavy atom. The van der Waals surface area contributed by atoms with Gasteiger partial charge in [0.05, 0.1) is 5.56 Å². The Hall–Kier alpha value is -2.35. The van der Waals surface area contributed by atoms with Crippen molar-refractivity contribution in [3.63, 3.8) is 0 Å². The summed E-state index contributed by atoms with van der Waals surface area (Å²) in [6.45, 7) is 2.03. The number of hydrogen-bond acceptors (Lipinski definition) is 5. The predicted molar refractivity (Wildman–Crippen MR) is 54.5 cm³/mol. The van der Waals surface area contributed by atoms with Crippen molar-refractivity contribution in [2.45, 2.75) is 13.5 Å². The first-order valence-electron chi connectivity index (χ1n) is 4.71. The molecular weight excluding hydrogens is 206 g/mol. The zero-order chi connectivity index (χ0) is 11.4. The molecule has 16 heavy (non-hydrogen) atoms. The van der Waals surface area contributed by atoms with Crippen LogP contribution in [0.5, 0.6) is 5.75 Å². The van der Waals surface area contributed by atoms with Crippen molar-refractivity contribution < 1.29 is 9.37 Å². The summed E-state index contributed by atoms with van der Waals surface area (Å²) in [7, 11) is 0. The van der Waals surface area contributed by atoms with Crippen LogP contribution in [0.4, 0.5) is 0 Å². The molecule has 5 heteroatoms. The van der Waals surface area contributed by atoms with E-state index in [0.717, 1.165) is 0 Å². The Morgan fingerprint density at radius 2 is 2.19 bits per heavy atom. The lowest BCUT2D eigenvalue weighted by Gasteiger charge is -2.04. The van der Waals surface area contributed by atoms with Gasteiger partial charge in [0, 0.05) is 0 Å². The molecule has 0 amide bonds. The molecule has 0 fully saturated rings. The van der Waals surface area contributed by atoms with E-state index in [4.69, 9.17) is 10.00 Å². The molecule has 0 atom stereocenters. The number of aryl methyl sites for hydroxylation is 1. The first-order chi connectivity index (χ1) is 7.81. The van der Waals surface area contributed by atoms with Crippen molar-refractivity contribution in [2.75, 3.05) is 0 Å². The Kier molecular flexibility index (Phi) is 2.83. The summed E-state index contributed by atoms with van der Waals surface area (Å²) < 4.78 is 10.0. The SMILES string of the molecule is Cc1nonc1COc1ccccc1C#N. The molecule has 0 spiro atoms. The lowest BCUT2D eigenvalue weighted by Crippen LogP contribution is -1.99. The summed E-state index contributed by atoms with van der Waals surface area (Å²) >= 11 is 0. The normalized spacial score (nSPS) is 9.75. The van der Waals surface area contributed by atoms with Gasteiger partial charge < -0.3 is 4.74 Å². The maximum absolute atomic E-state index is 8.85. The number of nitrogens with zero attached hydrogens (tertiary/aromatic N) is 3. The average molecular weight is 215 g/mol. The van der Waals surface area contributed by atoms with Crippen LogP contribution in [0.15, 0.2) is 28.9 Å². The second-order valence-electron chi connectivity index (χ2n) is 3.19. The number of nitriles is 1. The third-order valence-electron chi connectivity index (χ3n) is 2.12. The largest absolute Gasteiger partial charge is 0.486 e. The van der Waals surface area contributed by atoms with Crippen molar-refractivity contribution in [1.29, 1.82) is 5.26 Å². The van der Waals surface area contributed by atoms with Gasteiger partial charge in [-0.2, -0.15) is 5.26 Å². The van der Waals surface area contributed by atoms with E-state index in [9.17, 15) is 0 Å². The molecule has 0 saturated carbocycles. The van der Waals surface area contributed by atoms with Gasteiger partial charge in [0.2, 0.25) is 0 Å². The van der Waals surface area contributed by atoms with Crippen LogP contribution in [0.3, 0.4) is 0 Å². The monoisotopic (exact) mass is 215 g/mol. The van der Waals surface area contributed by atoms with Gasteiger partial charge >= 0.3 is 0 Å². The van der Waals surface area contributed by atoms with E-state index in [1.54, 1.807) is 25.1 Å². The topological polar surface area (TPSA) is 71.9 Å². The van der Waals surface area contributed by atoms with Gasteiger partial charge in [-0.1, -0.05) is 22.4 Å². The van der Waals surface area contributed by atoms with Crippen LogP contribution >= 0.6 is 0 Å². The van der Waals surface area contributed by atoms with Crippen LogP contribution in [-0.4, -0.2) is 10.3 Å². The smallest absolute Gasteiger partial charge is 0.145 e. The summed E-state index contributed by atoms with van der Waals surface area (Å²) in [6, 6.07) is 9.09. The minimum absolute atomic E-state index is 0.244. The summed E-state index contributed by atoms with van der Waals surface area (Å²) in [5.41, 5.74) is 1.82. The average Bonchev–Trinajstić information content (AvgIpc) is 2.72. The first kappa shape index (κ1) is 10.2. The van der Waals surface area contributed by atoms with Gasteiger partial charge in [-0.15, -0.1) is 0 Å². The van der Waals surface area contributed by atoms with Crippen molar-refractivity contribution in [3.05, 3.63) is 41.2 Å². The zero-order valence-corrected chi connectivity index (χ0v) is 8.67. The minimum Gasteiger partial charge on any atom is -0.486 e. The Labute approximate surface area is 92.2 Å². The molecule has 2 aromatic rings. The van der Waals surface area contributed by atoms with E-state index in [-0.39, 0.29) is 6.61 Å². The second kappa shape index (κ2) is 4.45. The number of rotatable bonds is 3. The van der Waals surface area contributed by atoms with Crippen molar-refractivity contribution in [1.82, 2.24) is 10.3 Å². The number of hydrogen-bond donors (Lipinski definition) is 0. The van der Waals surface area contributed by atoms with Gasteiger partial charge in [0.15, 0.2) is 0 Å². The predicted octanol–water partition coefficient (Wildman–Crippen LogP) is 1.83. The third kappa shape index (κ3) is 2.01. The van der Waals surface area contributed by atoms with Crippen LogP contribution in [0.1, 0.15) is 17.0 Å². The standard InChI is InChI=1S/C11H9N3O2/c1-8-10(14-16-13-8)7-15-11-5-3-2-4-9(11)6-12/h2-5H,7H2,1H3. The van der Waals surface area contributed by atoms with E-state index in [2.05, 4.69) is 21.0 Å². The molecule has 0 saturated heterocycles. The second-order valence-corrected chi connectivity index (χ2v) is 3.19. The Balaban J connectivity index is 2.11. The fourth-order valence-corrected chi connectivity index (χ4v) is 1.21. The molecule has 5 nitrogen and oxygen atoms in total. The summed E-state index contributed by atoms with van der Waals surface area (Å²) in [5.74, 6) is 0.535. The summed E-state index contributed by atoms with van der Waals surface area (Å²) in [4.78, 5) is 0. The van der Waals surface area contributed by atoms with Crippen LogP contribution in [0.25, 0.3) is 0 Å². The minimum atomic E-state index is 0.244. The lowest BCUT2D eigenvalue weighted by molar-refractivity contribution is 0.269. The highest BCUT2D eigenvalue weighted by molar-refractivity contribution is 5.42. The number of ether oxygens (including phenoxy) is 1. The lowest BCUT2D eigenvalue weighted by atomic mass is 10.2. The molecular formula is C11H9N3O2.